The molecule has 0 aliphatic carbocycles. The lowest BCUT2D eigenvalue weighted by atomic mass is 9.98. The van der Waals surface area contributed by atoms with E-state index in [1.165, 1.54) is 42.4 Å². The lowest BCUT2D eigenvalue weighted by Crippen LogP contribution is -2.35. The minimum Gasteiger partial charge on any atom is -0.422 e. The summed E-state index contributed by atoms with van der Waals surface area (Å²) in [5, 5.41) is 10.7. The molecule has 0 saturated heterocycles. The van der Waals surface area contributed by atoms with Crippen molar-refractivity contribution >= 4 is 35.1 Å². The largest absolute Gasteiger partial charge is 0.422 e. The normalized spacial score (nSPS) is 21.0. The summed E-state index contributed by atoms with van der Waals surface area (Å²) in [5.41, 5.74) is 1.06. The predicted molar refractivity (Wildman–Crippen MR) is 107 cm³/mol. The second-order valence-corrected chi connectivity index (χ2v) is 7.29. The number of cyclic esters (lactones) is 1. The van der Waals surface area contributed by atoms with Gasteiger partial charge in [0, 0.05) is 17.3 Å². The Morgan fingerprint density at radius 1 is 1.10 bits per heavy atom. The number of aromatic nitrogens is 1. The Morgan fingerprint density at radius 2 is 1.90 bits per heavy atom. The molecule has 0 bridgehead atoms. The Morgan fingerprint density at radius 3 is 2.73 bits per heavy atom. The molecule has 0 radical (unpaired) electrons. The van der Waals surface area contributed by atoms with Crippen molar-refractivity contribution in [3.8, 4) is 0 Å². The maximum Gasteiger partial charge on any atom is 0.344 e. The molecule has 1 amide bonds. The number of ether oxygens (including phenoxy) is 1. The van der Waals surface area contributed by atoms with Gasteiger partial charge in [-0.2, -0.15) is 0 Å². The highest BCUT2D eigenvalue weighted by molar-refractivity contribution is 6.12. The molecule has 0 spiro atoms. The number of carbonyl (C=O) groups is 2. The van der Waals surface area contributed by atoms with Crippen LogP contribution < -0.4 is 4.90 Å². The molecule has 0 fully saturated rings. The van der Waals surface area contributed by atoms with Crippen molar-refractivity contribution in [2.75, 3.05) is 4.90 Å². The zero-order valence-electron chi connectivity index (χ0n) is 15.8. The topological polar surface area (TPSA) is 79.7 Å². The molecule has 2 aromatic carbocycles. The van der Waals surface area contributed by atoms with Crippen molar-refractivity contribution in [1.82, 2.24) is 4.98 Å². The zero-order valence-corrected chi connectivity index (χ0v) is 15.8. The number of anilines is 2. The average molecular weight is 402 g/mol. The van der Waals surface area contributed by atoms with Gasteiger partial charge in [0.1, 0.15) is 11.6 Å². The van der Waals surface area contributed by atoms with E-state index in [-0.39, 0.29) is 11.3 Å². The summed E-state index contributed by atoms with van der Waals surface area (Å²) >= 11 is 0. The molecular formula is C23H15FN2O4. The Balaban J connectivity index is 1.58. The van der Waals surface area contributed by atoms with Gasteiger partial charge in [0.05, 0.1) is 23.1 Å². The maximum atomic E-state index is 13.7. The summed E-state index contributed by atoms with van der Waals surface area (Å²) in [6, 6.07) is 12.5. The van der Waals surface area contributed by atoms with Crippen LogP contribution in [0.1, 0.15) is 34.0 Å². The van der Waals surface area contributed by atoms with Crippen molar-refractivity contribution in [3.05, 3.63) is 89.0 Å². The van der Waals surface area contributed by atoms with E-state index < -0.39 is 23.3 Å². The lowest BCUT2D eigenvalue weighted by molar-refractivity contribution is -0.133. The van der Waals surface area contributed by atoms with Gasteiger partial charge >= 0.3 is 5.97 Å². The van der Waals surface area contributed by atoms with Crippen molar-refractivity contribution in [3.63, 3.8) is 0 Å². The third kappa shape index (κ3) is 2.63. The first-order valence-corrected chi connectivity index (χ1v) is 9.21. The average Bonchev–Trinajstić information content (AvgIpc) is 3.13. The molecule has 30 heavy (non-hydrogen) atoms. The Kier molecular flexibility index (Phi) is 3.84. The van der Waals surface area contributed by atoms with Crippen LogP contribution in [0.25, 0.3) is 11.8 Å². The minimum atomic E-state index is -1.65. The summed E-state index contributed by atoms with van der Waals surface area (Å²) in [4.78, 5) is 30.5. The number of nitrogens with zero attached hydrogens (tertiary/aromatic N) is 2. The van der Waals surface area contributed by atoms with Gasteiger partial charge in [-0.15, -0.1) is 0 Å². The second-order valence-electron chi connectivity index (χ2n) is 7.29. The number of pyridine rings is 1. The van der Waals surface area contributed by atoms with Crippen molar-refractivity contribution < 1.29 is 23.8 Å². The van der Waals surface area contributed by atoms with Crippen LogP contribution in [0, 0.1) is 5.82 Å². The maximum absolute atomic E-state index is 13.7. The fourth-order valence-corrected chi connectivity index (χ4v) is 3.79. The van der Waals surface area contributed by atoms with Crippen LogP contribution in [0.5, 0.6) is 0 Å². The van der Waals surface area contributed by atoms with Crippen molar-refractivity contribution in [2.45, 2.75) is 12.5 Å². The number of hydrogen-bond acceptors (Lipinski definition) is 5. The number of carbonyl (C=O) groups excluding carboxylic acids is 2. The molecule has 0 saturated carbocycles. The number of para-hydroxylation sites is 1. The number of rotatable bonds is 2. The van der Waals surface area contributed by atoms with Crippen molar-refractivity contribution in [2.24, 2.45) is 0 Å². The summed E-state index contributed by atoms with van der Waals surface area (Å²) in [6.45, 7) is 1.46. The number of amides is 1. The third-order valence-corrected chi connectivity index (χ3v) is 5.26. The van der Waals surface area contributed by atoms with Crippen LogP contribution in [-0.2, 0) is 15.1 Å². The van der Waals surface area contributed by atoms with Gasteiger partial charge < -0.3 is 9.84 Å². The van der Waals surface area contributed by atoms with Gasteiger partial charge in [0.2, 0.25) is 0 Å². The van der Waals surface area contributed by atoms with E-state index in [2.05, 4.69) is 4.98 Å². The highest BCUT2D eigenvalue weighted by atomic mass is 19.1. The predicted octanol–water partition coefficient (Wildman–Crippen LogP) is 3.78. The molecule has 6 nitrogen and oxygen atoms in total. The van der Waals surface area contributed by atoms with Crippen LogP contribution in [0.3, 0.4) is 0 Å². The molecular weight excluding hydrogens is 387 g/mol. The van der Waals surface area contributed by atoms with E-state index >= 15 is 0 Å². The van der Waals surface area contributed by atoms with Crippen LogP contribution in [-0.4, -0.2) is 22.0 Å². The first-order chi connectivity index (χ1) is 14.4. The number of aliphatic hydroxyl groups is 1. The standard InChI is InChI=1S/C23H15FN2O4/c1-23(29)18-4-2-3-5-19(18)26(22(23)28)15-8-13(11-25-12-15)9-20-17-10-14(24)6-7-16(17)21(27)30-20/h2-12,29H,1H3. The molecule has 1 aromatic heterocycles. The monoisotopic (exact) mass is 402 g/mol. The van der Waals surface area contributed by atoms with Gasteiger partial charge in [-0.05, 0) is 48.9 Å². The first-order valence-electron chi connectivity index (χ1n) is 9.21. The highest BCUT2D eigenvalue weighted by Gasteiger charge is 2.46. The summed E-state index contributed by atoms with van der Waals surface area (Å²) in [7, 11) is 0. The summed E-state index contributed by atoms with van der Waals surface area (Å²) in [6.07, 6.45) is 4.60. The number of fused-ring (bicyclic) bond motifs is 2. The van der Waals surface area contributed by atoms with Gasteiger partial charge in [-0.3, -0.25) is 14.7 Å². The SMILES string of the molecule is CC1(O)C(=O)N(c2cncc(C=C3OC(=O)c4ccc(F)cc43)c2)c2ccccc21. The van der Waals surface area contributed by atoms with Crippen molar-refractivity contribution in [1.29, 1.82) is 0 Å². The second kappa shape index (κ2) is 6.33. The van der Waals surface area contributed by atoms with E-state index in [9.17, 15) is 19.1 Å². The Bertz CT molecular complexity index is 1270. The van der Waals surface area contributed by atoms with Crippen LogP contribution in [0.15, 0.2) is 60.9 Å². The molecule has 1 atom stereocenters. The molecule has 2 aliphatic rings. The molecule has 2 aliphatic heterocycles. The minimum absolute atomic E-state index is 0.202. The van der Waals surface area contributed by atoms with Crippen LogP contribution >= 0.6 is 0 Å². The van der Waals surface area contributed by atoms with Gasteiger partial charge in [-0.25, -0.2) is 9.18 Å². The summed E-state index contributed by atoms with van der Waals surface area (Å²) in [5.74, 6) is -1.32. The lowest BCUT2D eigenvalue weighted by Gasteiger charge is -2.19. The quantitative estimate of drug-likeness (QED) is 0.660. The van der Waals surface area contributed by atoms with Crippen LogP contribution in [0.4, 0.5) is 15.8 Å². The van der Waals surface area contributed by atoms with E-state index in [4.69, 9.17) is 4.74 Å². The fourth-order valence-electron chi connectivity index (χ4n) is 3.79. The molecule has 3 aromatic rings. The van der Waals surface area contributed by atoms with Gasteiger partial charge in [-0.1, -0.05) is 18.2 Å². The molecule has 1 N–H and O–H groups in total. The van der Waals surface area contributed by atoms with Gasteiger partial charge in [0.15, 0.2) is 5.60 Å². The summed E-state index contributed by atoms with van der Waals surface area (Å²) < 4.78 is 18.9. The molecule has 3 heterocycles. The first kappa shape index (κ1) is 18.2. The smallest absolute Gasteiger partial charge is 0.344 e. The molecule has 5 rings (SSSR count). The Hall–Kier alpha value is -3.84. The van der Waals surface area contributed by atoms with E-state index in [0.717, 1.165) is 0 Å². The van der Waals surface area contributed by atoms with E-state index in [1.807, 2.05) is 0 Å². The number of benzene rings is 2. The van der Waals surface area contributed by atoms with Crippen LogP contribution in [0.2, 0.25) is 0 Å². The number of hydrogen-bond donors (Lipinski definition) is 1. The van der Waals surface area contributed by atoms with E-state index in [0.29, 0.717) is 28.1 Å². The number of esters is 1. The van der Waals surface area contributed by atoms with E-state index in [1.54, 1.807) is 36.4 Å². The molecule has 148 valence electrons. The fraction of sp³-hybridized carbons (Fsp3) is 0.0870. The molecule has 7 heteroatoms. The van der Waals surface area contributed by atoms with Gasteiger partial charge in [0.25, 0.3) is 5.91 Å². The number of halogens is 1. The highest BCUT2D eigenvalue weighted by Crippen LogP contribution is 2.44. The zero-order chi connectivity index (χ0) is 21.0. The molecule has 1 unspecified atom stereocenters. The third-order valence-electron chi connectivity index (χ3n) is 5.26. The Labute approximate surface area is 170 Å².